The zero-order chi connectivity index (χ0) is 18.0. The predicted octanol–water partition coefficient (Wildman–Crippen LogP) is 7.29. The van der Waals surface area contributed by atoms with Crippen molar-refractivity contribution in [2.24, 2.45) is 0 Å². The molecule has 1 aliphatic heterocycles. The van der Waals surface area contributed by atoms with Gasteiger partial charge in [-0.15, -0.1) is 0 Å². The Kier molecular flexibility index (Phi) is 5.49. The fourth-order valence-corrected chi connectivity index (χ4v) is 8.32. The van der Waals surface area contributed by atoms with Crippen molar-refractivity contribution in [1.29, 1.82) is 0 Å². The molecule has 1 heterocycles. The average Bonchev–Trinajstić information content (AvgIpc) is 3.30. The molecule has 0 spiro atoms. The van der Waals surface area contributed by atoms with E-state index in [4.69, 9.17) is 11.6 Å². The Morgan fingerprint density at radius 1 is 0.880 bits per heavy atom. The number of nitrogens with zero attached hydrogens (tertiary/aromatic N) is 1. The van der Waals surface area contributed by atoms with Crippen LogP contribution in [-0.4, -0.2) is 16.8 Å². The summed E-state index contributed by atoms with van der Waals surface area (Å²) < 4.78 is 2.64. The number of hydrogen-bond acceptors (Lipinski definition) is 1. The van der Waals surface area contributed by atoms with Gasteiger partial charge in [0, 0.05) is 17.6 Å². The van der Waals surface area contributed by atoms with Crippen molar-refractivity contribution in [2.75, 3.05) is 0 Å². The molecule has 1 nitrogen and oxygen atoms in total. The maximum absolute atomic E-state index is 6.77. The third kappa shape index (κ3) is 3.75. The van der Waals surface area contributed by atoms with Crippen LogP contribution in [-0.2, 0) is 0 Å². The summed E-state index contributed by atoms with van der Waals surface area (Å²) in [7, 11) is -1.64. The van der Waals surface area contributed by atoms with E-state index in [1.165, 1.54) is 10.9 Å². The summed E-state index contributed by atoms with van der Waals surface area (Å²) in [6.07, 6.45) is 0. The lowest BCUT2D eigenvalue weighted by Crippen LogP contribution is -2.33. The van der Waals surface area contributed by atoms with Gasteiger partial charge in [-0.05, 0) is 33.3 Å². The van der Waals surface area contributed by atoms with E-state index >= 15 is 0 Å². The van der Waals surface area contributed by atoms with Gasteiger partial charge in [0.05, 0.1) is 5.03 Å². The van der Waals surface area contributed by atoms with Crippen molar-refractivity contribution >= 4 is 29.4 Å². The minimum Gasteiger partial charge on any atom is -0.162 e. The van der Waals surface area contributed by atoms with Crippen LogP contribution < -0.4 is 0 Å². The molecule has 2 aromatic carbocycles. The molecule has 3 rings (SSSR count). The summed E-state index contributed by atoms with van der Waals surface area (Å²) in [6, 6.07) is 21.9. The highest BCUT2D eigenvalue weighted by Gasteiger charge is 2.61. The van der Waals surface area contributed by atoms with Gasteiger partial charge in [0.2, 0.25) is 0 Å². The lowest BCUT2D eigenvalue weighted by atomic mass is 10.2. The van der Waals surface area contributed by atoms with Crippen LogP contribution in [0.3, 0.4) is 0 Å². The first-order valence-corrected chi connectivity index (χ1v) is 11.1. The number of halogens is 1. The summed E-state index contributed by atoms with van der Waals surface area (Å²) >= 11 is 6.77. The highest BCUT2D eigenvalue weighted by atomic mass is 35.5. The topological polar surface area (TPSA) is 3.24 Å². The quantitative estimate of drug-likeness (QED) is 0.482. The fourth-order valence-electron chi connectivity index (χ4n) is 3.62. The highest BCUT2D eigenvalue weighted by molar-refractivity contribution is 7.96. The van der Waals surface area contributed by atoms with Gasteiger partial charge in [-0.2, -0.15) is 4.67 Å². The summed E-state index contributed by atoms with van der Waals surface area (Å²) in [4.78, 5) is 0. The number of hydrogen-bond donors (Lipinski definition) is 0. The van der Waals surface area contributed by atoms with Crippen molar-refractivity contribution in [3.63, 3.8) is 0 Å². The number of benzene rings is 2. The first kappa shape index (κ1) is 18.4. The maximum Gasteiger partial charge on any atom is 0.176 e. The molecule has 0 aromatic heterocycles. The van der Waals surface area contributed by atoms with E-state index in [9.17, 15) is 0 Å². The first-order valence-electron chi connectivity index (χ1n) is 8.85. The molecule has 0 radical (unpaired) electrons. The Hall–Kier alpha value is -1.40. The largest absolute Gasteiger partial charge is 0.176 e. The molecular weight excluding hydrogens is 345 g/mol. The molecule has 0 saturated heterocycles. The summed E-state index contributed by atoms with van der Waals surface area (Å²) in [6.45, 7) is 9.11. The van der Waals surface area contributed by atoms with Gasteiger partial charge in [0.15, 0.2) is 12.7 Å². The molecule has 1 unspecified atom stereocenters. The van der Waals surface area contributed by atoms with E-state index in [1.807, 2.05) is 18.2 Å². The molecule has 0 fully saturated rings. The second kappa shape index (κ2) is 7.46. The third-order valence-corrected chi connectivity index (χ3v) is 8.86. The maximum atomic E-state index is 6.77. The molecule has 0 bridgehead atoms. The summed E-state index contributed by atoms with van der Waals surface area (Å²) in [5.41, 5.74) is 2.40. The molecule has 3 heteroatoms. The van der Waals surface area contributed by atoms with Crippen molar-refractivity contribution < 1.29 is 0 Å². The molecule has 0 N–H and O–H groups in total. The van der Waals surface area contributed by atoms with Crippen molar-refractivity contribution in [3.05, 3.63) is 83.4 Å². The minimum atomic E-state index is -1.64. The fraction of sp³-hybridized carbons (Fsp3) is 0.273. The zero-order valence-electron chi connectivity index (χ0n) is 15.4. The predicted molar refractivity (Wildman–Crippen MR) is 114 cm³/mol. The van der Waals surface area contributed by atoms with E-state index in [0.29, 0.717) is 12.1 Å². The molecule has 1 aliphatic rings. The molecule has 0 saturated carbocycles. The molecule has 2 aromatic rings. The van der Waals surface area contributed by atoms with E-state index in [1.54, 1.807) is 0 Å². The van der Waals surface area contributed by atoms with Gasteiger partial charge in [-0.3, -0.25) is 0 Å². The summed E-state index contributed by atoms with van der Waals surface area (Å²) in [5, 5.41) is 2.30. The van der Waals surface area contributed by atoms with Crippen molar-refractivity contribution in [3.8, 4) is 0 Å². The standard InChI is InChI=1S/C22H26ClNP/c1-17(2)24(18(3)4)25(15-21(23)19-11-7-5-8-12-19)16-22(25)20-13-9-6-10-14-20/h5-18H,1-4H3/q+1/b21-15-. The van der Waals surface area contributed by atoms with E-state index in [-0.39, 0.29) is 0 Å². The Labute approximate surface area is 157 Å². The van der Waals surface area contributed by atoms with E-state index in [0.717, 1.165) is 10.6 Å². The molecule has 0 amide bonds. The second-order valence-electron chi connectivity index (χ2n) is 7.03. The van der Waals surface area contributed by atoms with Crippen molar-refractivity contribution in [1.82, 2.24) is 4.67 Å². The van der Waals surface area contributed by atoms with Gasteiger partial charge in [0.1, 0.15) is 11.6 Å². The lowest BCUT2D eigenvalue weighted by Gasteiger charge is -2.31. The first-order chi connectivity index (χ1) is 12.0. The molecule has 0 aliphatic carbocycles. The van der Waals surface area contributed by atoms with Crippen LogP contribution in [0.1, 0.15) is 38.8 Å². The van der Waals surface area contributed by atoms with Crippen LogP contribution in [0.2, 0.25) is 0 Å². The van der Waals surface area contributed by atoms with E-state index in [2.05, 4.69) is 86.5 Å². The zero-order valence-corrected chi connectivity index (χ0v) is 17.0. The van der Waals surface area contributed by atoms with Crippen LogP contribution in [0.4, 0.5) is 0 Å². The molecule has 25 heavy (non-hydrogen) atoms. The Morgan fingerprint density at radius 2 is 1.40 bits per heavy atom. The smallest absolute Gasteiger partial charge is 0.162 e. The number of rotatable bonds is 6. The van der Waals surface area contributed by atoms with Gasteiger partial charge in [-0.25, -0.2) is 0 Å². The SMILES string of the molecule is CC(C)N(C(C)C)[P+]1(/C=C(\Cl)c2ccccc2)C=C1c1ccccc1. The highest BCUT2D eigenvalue weighted by Crippen LogP contribution is 2.88. The Morgan fingerprint density at radius 3 is 1.92 bits per heavy atom. The molecule has 1 atom stereocenters. The molecule has 130 valence electrons. The summed E-state index contributed by atoms with van der Waals surface area (Å²) in [5.74, 6) is 4.78. The van der Waals surface area contributed by atoms with Gasteiger partial charge in [-0.1, -0.05) is 72.3 Å². The van der Waals surface area contributed by atoms with Gasteiger partial charge >= 0.3 is 0 Å². The van der Waals surface area contributed by atoms with Crippen LogP contribution in [0.15, 0.2) is 72.3 Å². The van der Waals surface area contributed by atoms with Crippen LogP contribution >= 0.6 is 19.0 Å². The lowest BCUT2D eigenvalue weighted by molar-refractivity contribution is 0.325. The average molecular weight is 371 g/mol. The second-order valence-corrected chi connectivity index (χ2v) is 10.4. The van der Waals surface area contributed by atoms with Crippen molar-refractivity contribution in [2.45, 2.75) is 39.8 Å². The van der Waals surface area contributed by atoms with Gasteiger partial charge < -0.3 is 0 Å². The third-order valence-electron chi connectivity index (χ3n) is 4.51. The van der Waals surface area contributed by atoms with Crippen LogP contribution in [0.25, 0.3) is 10.3 Å². The van der Waals surface area contributed by atoms with E-state index < -0.39 is 7.41 Å². The van der Waals surface area contributed by atoms with Crippen LogP contribution in [0, 0.1) is 0 Å². The minimum absolute atomic E-state index is 0.460. The van der Waals surface area contributed by atoms with Crippen LogP contribution in [0.5, 0.6) is 0 Å². The van der Waals surface area contributed by atoms with Gasteiger partial charge in [0.25, 0.3) is 0 Å². The monoisotopic (exact) mass is 370 g/mol. The molecular formula is C22H26ClNP+. The Balaban J connectivity index is 2.03. The Bertz CT molecular complexity index is 772. The normalized spacial score (nSPS) is 20.3.